The lowest BCUT2D eigenvalue weighted by atomic mass is 9.67. The van der Waals surface area contributed by atoms with Gasteiger partial charge in [0.1, 0.15) is 5.82 Å². The average Bonchev–Trinajstić information content (AvgIpc) is 2.73. The summed E-state index contributed by atoms with van der Waals surface area (Å²) in [5.41, 5.74) is -0.0848. The van der Waals surface area contributed by atoms with Crippen LogP contribution in [0, 0.1) is 11.2 Å². The van der Waals surface area contributed by atoms with Gasteiger partial charge in [-0.3, -0.25) is 14.9 Å². The molecular formula is C22H21FN4O3. The molecule has 2 fully saturated rings. The molecule has 2 aromatic carbocycles. The van der Waals surface area contributed by atoms with Gasteiger partial charge in [0.05, 0.1) is 17.4 Å². The molecule has 30 heavy (non-hydrogen) atoms. The Labute approximate surface area is 173 Å². The highest BCUT2D eigenvalue weighted by Gasteiger charge is 2.63. The van der Waals surface area contributed by atoms with Crippen LogP contribution in [0.25, 0.3) is 0 Å². The van der Waals surface area contributed by atoms with Gasteiger partial charge < -0.3 is 9.80 Å². The van der Waals surface area contributed by atoms with Gasteiger partial charge in [0, 0.05) is 19.6 Å². The molecule has 4 amide bonds. The van der Waals surface area contributed by atoms with Crippen LogP contribution < -0.4 is 15.1 Å². The Morgan fingerprint density at radius 1 is 1.03 bits per heavy atom. The second-order valence-electron chi connectivity index (χ2n) is 8.10. The van der Waals surface area contributed by atoms with Crippen molar-refractivity contribution in [2.75, 3.05) is 36.5 Å². The van der Waals surface area contributed by atoms with Crippen molar-refractivity contribution >= 4 is 29.2 Å². The molecule has 2 aromatic rings. The molecular weight excluding hydrogens is 387 g/mol. The topological polar surface area (TPSA) is 73.0 Å². The molecule has 3 heterocycles. The van der Waals surface area contributed by atoms with Crippen LogP contribution in [0.15, 0.2) is 48.5 Å². The van der Waals surface area contributed by atoms with E-state index in [9.17, 15) is 18.8 Å². The first kappa shape index (κ1) is 18.7. The largest absolute Gasteiger partial charge is 0.362 e. The highest BCUT2D eigenvalue weighted by Crippen LogP contribution is 2.46. The summed E-state index contributed by atoms with van der Waals surface area (Å²) in [6.45, 7) is 1.57. The van der Waals surface area contributed by atoms with Gasteiger partial charge >= 0.3 is 6.03 Å². The number of nitrogens with zero attached hydrogens (tertiary/aromatic N) is 3. The van der Waals surface area contributed by atoms with E-state index >= 15 is 0 Å². The maximum atomic E-state index is 14.8. The number of hydrogen-bond acceptors (Lipinski definition) is 5. The van der Waals surface area contributed by atoms with E-state index in [4.69, 9.17) is 0 Å². The van der Waals surface area contributed by atoms with Gasteiger partial charge in [-0.15, -0.1) is 0 Å². The third kappa shape index (κ3) is 2.50. The lowest BCUT2D eigenvalue weighted by Crippen LogP contribution is -2.75. The molecule has 154 valence electrons. The van der Waals surface area contributed by atoms with Crippen molar-refractivity contribution in [2.24, 2.45) is 5.41 Å². The van der Waals surface area contributed by atoms with Crippen molar-refractivity contribution in [1.82, 2.24) is 10.2 Å². The summed E-state index contributed by atoms with van der Waals surface area (Å²) in [5, 5.41) is 2.40. The predicted molar refractivity (Wildman–Crippen MR) is 109 cm³/mol. The number of hydrogen-bond donors (Lipinski definition) is 1. The number of piperazine rings is 1. The molecule has 0 aliphatic carbocycles. The summed E-state index contributed by atoms with van der Waals surface area (Å²) in [4.78, 5) is 44.8. The number of amides is 4. The van der Waals surface area contributed by atoms with E-state index in [0.29, 0.717) is 36.6 Å². The zero-order valence-corrected chi connectivity index (χ0v) is 16.5. The minimum Gasteiger partial charge on any atom is -0.362 e. The van der Waals surface area contributed by atoms with Crippen LogP contribution in [-0.4, -0.2) is 55.5 Å². The molecule has 3 aliphatic rings. The maximum Gasteiger partial charge on any atom is 0.335 e. The third-order valence-corrected chi connectivity index (χ3v) is 6.41. The lowest BCUT2D eigenvalue weighted by molar-refractivity contribution is -0.145. The van der Waals surface area contributed by atoms with Gasteiger partial charge in [0.25, 0.3) is 5.91 Å². The Kier molecular flexibility index (Phi) is 4.14. The number of carbonyl (C=O) groups is 3. The minimum absolute atomic E-state index is 0.0381. The van der Waals surface area contributed by atoms with E-state index < -0.39 is 29.3 Å². The number of nitrogens with one attached hydrogen (secondary N) is 1. The number of urea groups is 1. The number of benzene rings is 2. The number of halogens is 1. The highest BCUT2D eigenvalue weighted by atomic mass is 19.1. The van der Waals surface area contributed by atoms with Crippen molar-refractivity contribution in [1.29, 1.82) is 0 Å². The van der Waals surface area contributed by atoms with E-state index in [0.717, 1.165) is 4.90 Å². The zero-order valence-electron chi connectivity index (χ0n) is 16.5. The van der Waals surface area contributed by atoms with Gasteiger partial charge in [-0.05, 0) is 37.2 Å². The first-order valence-electron chi connectivity index (χ1n) is 9.91. The number of likely N-dealkylation sites (N-methyl/N-ethyl adjacent to an activating group) is 1. The van der Waals surface area contributed by atoms with Crippen LogP contribution in [0.3, 0.4) is 0 Å². The summed E-state index contributed by atoms with van der Waals surface area (Å²) in [7, 11) is 1.91. The van der Waals surface area contributed by atoms with Gasteiger partial charge in [-0.2, -0.15) is 0 Å². The molecule has 0 unspecified atom stereocenters. The van der Waals surface area contributed by atoms with Crippen LogP contribution in [0.1, 0.15) is 5.56 Å². The van der Waals surface area contributed by atoms with E-state index in [-0.39, 0.29) is 12.2 Å². The number of barbiturate groups is 1. The van der Waals surface area contributed by atoms with Gasteiger partial charge in [-0.25, -0.2) is 14.1 Å². The zero-order chi connectivity index (χ0) is 21.0. The molecule has 1 spiro atoms. The SMILES string of the molecule is CN1CCN2c3c(F)cccc3C[C@@]3(C(=O)NC(=O)N(c4ccccc4)C3=O)[C@@H]2C1. The number of rotatable bonds is 1. The molecule has 2 saturated heterocycles. The number of para-hydroxylation sites is 2. The Morgan fingerprint density at radius 3 is 2.57 bits per heavy atom. The molecule has 1 N–H and O–H groups in total. The molecule has 0 saturated carbocycles. The van der Waals surface area contributed by atoms with Crippen LogP contribution >= 0.6 is 0 Å². The van der Waals surface area contributed by atoms with Gasteiger partial charge in [0.15, 0.2) is 5.41 Å². The molecule has 2 atom stereocenters. The average molecular weight is 408 g/mol. The molecule has 0 radical (unpaired) electrons. The van der Waals surface area contributed by atoms with E-state index in [1.807, 2.05) is 16.8 Å². The Morgan fingerprint density at radius 2 is 1.80 bits per heavy atom. The second kappa shape index (κ2) is 6.63. The van der Waals surface area contributed by atoms with Crippen LogP contribution in [0.5, 0.6) is 0 Å². The summed E-state index contributed by atoms with van der Waals surface area (Å²) in [5.74, 6) is -1.55. The van der Waals surface area contributed by atoms with E-state index in [1.54, 1.807) is 42.5 Å². The number of fused-ring (bicyclic) bond motifs is 4. The fraction of sp³-hybridized carbons (Fsp3) is 0.318. The van der Waals surface area contributed by atoms with Crippen LogP contribution in [0.2, 0.25) is 0 Å². The highest BCUT2D eigenvalue weighted by molar-refractivity contribution is 6.30. The number of imide groups is 2. The predicted octanol–water partition coefficient (Wildman–Crippen LogP) is 1.77. The van der Waals surface area contributed by atoms with E-state index in [1.165, 1.54) is 6.07 Å². The van der Waals surface area contributed by atoms with Gasteiger partial charge in [-0.1, -0.05) is 30.3 Å². The maximum absolute atomic E-state index is 14.8. The molecule has 3 aliphatic heterocycles. The fourth-order valence-corrected chi connectivity index (χ4v) is 4.97. The van der Waals surface area contributed by atoms with Crippen molar-refractivity contribution in [2.45, 2.75) is 12.5 Å². The normalized spacial score (nSPS) is 26.5. The van der Waals surface area contributed by atoms with Crippen molar-refractivity contribution in [3.8, 4) is 0 Å². The van der Waals surface area contributed by atoms with Crippen molar-refractivity contribution < 1.29 is 18.8 Å². The Balaban J connectivity index is 1.69. The molecule has 0 bridgehead atoms. The third-order valence-electron chi connectivity index (χ3n) is 6.41. The lowest BCUT2D eigenvalue weighted by Gasteiger charge is -2.54. The molecule has 7 nitrogen and oxygen atoms in total. The second-order valence-corrected chi connectivity index (χ2v) is 8.10. The minimum atomic E-state index is -1.53. The van der Waals surface area contributed by atoms with Crippen LogP contribution in [0.4, 0.5) is 20.6 Å². The standard InChI is InChI=1S/C22H21FN4O3/c1-25-10-11-26-17(13-25)22(12-14-6-5-9-16(23)18(14)26)19(28)24-21(30)27(20(22)29)15-7-3-2-4-8-15/h2-9,17H,10-13H2,1H3,(H,24,28,30)/t17-,22-/m0/s1. The summed E-state index contributed by atoms with van der Waals surface area (Å²) < 4.78 is 14.8. The fourth-order valence-electron chi connectivity index (χ4n) is 4.97. The van der Waals surface area contributed by atoms with Crippen molar-refractivity contribution in [3.05, 3.63) is 59.9 Å². The Hall–Kier alpha value is -3.26. The summed E-state index contributed by atoms with van der Waals surface area (Å²) >= 11 is 0. The summed E-state index contributed by atoms with van der Waals surface area (Å²) in [6.07, 6.45) is 0.0381. The molecule has 5 rings (SSSR count). The van der Waals surface area contributed by atoms with Crippen molar-refractivity contribution in [3.63, 3.8) is 0 Å². The quantitative estimate of drug-likeness (QED) is 0.729. The van der Waals surface area contributed by atoms with E-state index in [2.05, 4.69) is 5.32 Å². The number of carbonyl (C=O) groups excluding carboxylic acids is 3. The first-order valence-corrected chi connectivity index (χ1v) is 9.91. The summed E-state index contributed by atoms with van der Waals surface area (Å²) in [6, 6.07) is 11.9. The van der Waals surface area contributed by atoms with Gasteiger partial charge in [0.2, 0.25) is 5.91 Å². The molecule has 8 heteroatoms. The van der Waals surface area contributed by atoms with Crippen LogP contribution in [-0.2, 0) is 16.0 Å². The number of anilines is 2. The Bertz CT molecular complexity index is 1060. The smallest absolute Gasteiger partial charge is 0.335 e. The molecule has 0 aromatic heterocycles. The monoisotopic (exact) mass is 408 g/mol. The first-order chi connectivity index (χ1) is 14.4.